The summed E-state index contributed by atoms with van der Waals surface area (Å²) in [4.78, 5) is 11.6. The largest absolute Gasteiger partial charge is 0.463 e. The van der Waals surface area contributed by atoms with Gasteiger partial charge in [-0.25, -0.2) is 4.79 Å². The lowest BCUT2D eigenvalue weighted by Gasteiger charge is -2.07. The number of ether oxygens (including phenoxy) is 1. The summed E-state index contributed by atoms with van der Waals surface area (Å²) in [6.07, 6.45) is 5.23. The van der Waals surface area contributed by atoms with Gasteiger partial charge in [0.15, 0.2) is 0 Å². The molecule has 0 saturated heterocycles. The van der Waals surface area contributed by atoms with Crippen molar-refractivity contribution >= 4 is 22.9 Å². The number of carbonyl (C=O) groups excluding carboxylic acids is 1. The molecular formula is C18H19N3O2. The molecule has 0 atom stereocenters. The van der Waals surface area contributed by atoms with Crippen LogP contribution in [0.1, 0.15) is 18.2 Å². The second kappa shape index (κ2) is 6.12. The van der Waals surface area contributed by atoms with Gasteiger partial charge in [0.05, 0.1) is 17.8 Å². The van der Waals surface area contributed by atoms with Gasteiger partial charge in [0.2, 0.25) is 0 Å². The maximum Gasteiger partial charge on any atom is 0.330 e. The third-order valence-electron chi connectivity index (χ3n) is 3.74. The number of fused-ring (bicyclic) bond motifs is 1. The molecule has 0 bridgehead atoms. The van der Waals surface area contributed by atoms with Crippen molar-refractivity contribution in [3.05, 3.63) is 53.9 Å². The summed E-state index contributed by atoms with van der Waals surface area (Å²) >= 11 is 0. The first kappa shape index (κ1) is 15.1. The Morgan fingerprint density at radius 3 is 2.87 bits per heavy atom. The number of aryl methyl sites for hydroxylation is 2. The van der Waals surface area contributed by atoms with Crippen molar-refractivity contribution in [3.8, 4) is 5.82 Å². The number of benzene rings is 1. The molecule has 0 spiro atoms. The molecular weight excluding hydrogens is 290 g/mol. The highest BCUT2D eigenvalue weighted by molar-refractivity contribution is 5.88. The van der Waals surface area contributed by atoms with Gasteiger partial charge in [-0.15, -0.1) is 0 Å². The molecule has 0 fully saturated rings. The third kappa shape index (κ3) is 2.77. The number of carbonyl (C=O) groups is 1. The lowest BCUT2D eigenvalue weighted by atomic mass is 10.2. The maximum atomic E-state index is 11.6. The summed E-state index contributed by atoms with van der Waals surface area (Å²) in [7, 11) is 1.90. The minimum absolute atomic E-state index is 0.348. The SMILES string of the molecule is CCOC(=O)C=Cc1c(C)nn(C)c1-n1ccc2ccccc21. The number of esters is 1. The van der Waals surface area contributed by atoms with Crippen LogP contribution in [-0.4, -0.2) is 26.9 Å². The van der Waals surface area contributed by atoms with Crippen LogP contribution >= 0.6 is 0 Å². The van der Waals surface area contributed by atoms with Gasteiger partial charge in [-0.3, -0.25) is 4.68 Å². The van der Waals surface area contributed by atoms with Crippen LogP contribution in [0.2, 0.25) is 0 Å². The number of para-hydroxylation sites is 1. The Balaban J connectivity index is 2.11. The van der Waals surface area contributed by atoms with Crippen LogP contribution in [0, 0.1) is 6.92 Å². The van der Waals surface area contributed by atoms with Gasteiger partial charge < -0.3 is 9.30 Å². The van der Waals surface area contributed by atoms with Gasteiger partial charge in [-0.05, 0) is 37.4 Å². The third-order valence-corrected chi connectivity index (χ3v) is 3.74. The van der Waals surface area contributed by atoms with Crippen molar-refractivity contribution in [2.24, 2.45) is 7.05 Å². The lowest BCUT2D eigenvalue weighted by Crippen LogP contribution is -2.03. The Kier molecular flexibility index (Phi) is 4.02. The Hall–Kier alpha value is -2.82. The van der Waals surface area contributed by atoms with E-state index >= 15 is 0 Å². The number of hydrogen-bond acceptors (Lipinski definition) is 3. The zero-order valence-electron chi connectivity index (χ0n) is 13.5. The second-order valence-electron chi connectivity index (χ2n) is 5.28. The van der Waals surface area contributed by atoms with Gasteiger partial charge in [-0.1, -0.05) is 18.2 Å². The molecule has 0 aliphatic heterocycles. The molecule has 23 heavy (non-hydrogen) atoms. The molecule has 0 amide bonds. The first-order valence-corrected chi connectivity index (χ1v) is 7.56. The van der Waals surface area contributed by atoms with Crippen LogP contribution in [0.5, 0.6) is 0 Å². The maximum absolute atomic E-state index is 11.6. The van der Waals surface area contributed by atoms with Crippen molar-refractivity contribution < 1.29 is 9.53 Å². The highest BCUT2D eigenvalue weighted by atomic mass is 16.5. The van der Waals surface area contributed by atoms with Gasteiger partial charge in [0.1, 0.15) is 5.82 Å². The number of rotatable bonds is 4. The fraction of sp³-hybridized carbons (Fsp3) is 0.222. The monoisotopic (exact) mass is 309 g/mol. The summed E-state index contributed by atoms with van der Waals surface area (Å²) < 4.78 is 8.86. The molecule has 0 aliphatic carbocycles. The van der Waals surface area contributed by atoms with E-state index in [0.717, 1.165) is 28.0 Å². The van der Waals surface area contributed by atoms with Gasteiger partial charge >= 0.3 is 5.97 Å². The lowest BCUT2D eigenvalue weighted by molar-refractivity contribution is -0.137. The van der Waals surface area contributed by atoms with E-state index in [1.165, 1.54) is 6.08 Å². The van der Waals surface area contributed by atoms with Crippen LogP contribution in [-0.2, 0) is 16.6 Å². The molecule has 2 heterocycles. The molecule has 0 saturated carbocycles. The summed E-state index contributed by atoms with van der Waals surface area (Å²) in [6, 6.07) is 10.2. The minimum Gasteiger partial charge on any atom is -0.463 e. The second-order valence-corrected chi connectivity index (χ2v) is 5.28. The van der Waals surface area contributed by atoms with Crippen LogP contribution in [0.4, 0.5) is 0 Å². The normalized spacial score (nSPS) is 11.4. The van der Waals surface area contributed by atoms with Gasteiger partial charge in [0.25, 0.3) is 0 Å². The van der Waals surface area contributed by atoms with E-state index in [4.69, 9.17) is 4.74 Å². The Labute approximate surface area is 134 Å². The fourth-order valence-corrected chi connectivity index (χ4v) is 2.75. The zero-order valence-corrected chi connectivity index (χ0v) is 13.5. The van der Waals surface area contributed by atoms with Crippen molar-refractivity contribution in [3.63, 3.8) is 0 Å². The van der Waals surface area contributed by atoms with Crippen molar-refractivity contribution in [1.82, 2.24) is 14.3 Å². The van der Waals surface area contributed by atoms with E-state index in [9.17, 15) is 4.79 Å². The Morgan fingerprint density at radius 2 is 2.09 bits per heavy atom. The number of hydrogen-bond donors (Lipinski definition) is 0. The molecule has 5 heteroatoms. The first-order chi connectivity index (χ1) is 11.1. The predicted molar refractivity (Wildman–Crippen MR) is 90.4 cm³/mol. The summed E-state index contributed by atoms with van der Waals surface area (Å²) in [5.41, 5.74) is 2.86. The average molecular weight is 309 g/mol. The summed E-state index contributed by atoms with van der Waals surface area (Å²) in [5, 5.41) is 5.65. The van der Waals surface area contributed by atoms with Crippen LogP contribution in [0.15, 0.2) is 42.6 Å². The topological polar surface area (TPSA) is 49.0 Å². The van der Waals surface area contributed by atoms with Gasteiger partial charge in [-0.2, -0.15) is 5.10 Å². The smallest absolute Gasteiger partial charge is 0.330 e. The Morgan fingerprint density at radius 1 is 1.30 bits per heavy atom. The molecule has 0 unspecified atom stereocenters. The molecule has 0 N–H and O–H groups in total. The molecule has 3 aromatic rings. The summed E-state index contributed by atoms with van der Waals surface area (Å²) in [5.74, 6) is 0.573. The fourth-order valence-electron chi connectivity index (χ4n) is 2.75. The van der Waals surface area contributed by atoms with Crippen molar-refractivity contribution in [1.29, 1.82) is 0 Å². The van der Waals surface area contributed by atoms with Crippen LogP contribution in [0.3, 0.4) is 0 Å². The van der Waals surface area contributed by atoms with E-state index < -0.39 is 0 Å². The predicted octanol–water partition coefficient (Wildman–Crippen LogP) is 3.25. The quantitative estimate of drug-likeness (QED) is 0.549. The number of aromatic nitrogens is 3. The van der Waals surface area contributed by atoms with E-state index in [1.54, 1.807) is 13.0 Å². The molecule has 118 valence electrons. The molecule has 3 rings (SSSR count). The first-order valence-electron chi connectivity index (χ1n) is 7.56. The molecule has 0 radical (unpaired) electrons. The van der Waals surface area contributed by atoms with Crippen LogP contribution in [0.25, 0.3) is 22.8 Å². The molecule has 1 aromatic carbocycles. The highest BCUT2D eigenvalue weighted by Crippen LogP contribution is 2.25. The zero-order chi connectivity index (χ0) is 16.4. The molecule has 5 nitrogen and oxygen atoms in total. The van der Waals surface area contributed by atoms with E-state index in [1.807, 2.05) is 37.0 Å². The molecule has 0 aliphatic rings. The van der Waals surface area contributed by atoms with Crippen molar-refractivity contribution in [2.45, 2.75) is 13.8 Å². The average Bonchev–Trinajstić information content (AvgIpc) is 3.06. The van der Waals surface area contributed by atoms with Gasteiger partial charge in [0, 0.05) is 24.9 Å². The van der Waals surface area contributed by atoms with Crippen molar-refractivity contribution in [2.75, 3.05) is 6.61 Å². The van der Waals surface area contributed by atoms with E-state index in [-0.39, 0.29) is 5.97 Å². The van der Waals surface area contributed by atoms with Crippen LogP contribution < -0.4 is 0 Å². The molecule has 2 aromatic heterocycles. The van der Waals surface area contributed by atoms with E-state index in [0.29, 0.717) is 6.61 Å². The minimum atomic E-state index is -0.348. The standard InChI is InChI=1S/C18H19N3O2/c1-4-23-17(22)10-9-15-13(2)19-20(3)18(15)21-12-11-14-7-5-6-8-16(14)21/h5-12H,4H2,1-3H3. The summed E-state index contributed by atoms with van der Waals surface area (Å²) in [6.45, 7) is 4.09. The number of nitrogens with zero attached hydrogens (tertiary/aromatic N) is 3. The Bertz CT molecular complexity index is 887. The van der Waals surface area contributed by atoms with E-state index in [2.05, 4.69) is 27.9 Å². The highest BCUT2D eigenvalue weighted by Gasteiger charge is 2.15.